The number of halogens is 3. The van der Waals surface area contributed by atoms with Crippen LogP contribution in [-0.2, 0) is 4.74 Å². The summed E-state index contributed by atoms with van der Waals surface area (Å²) in [5.41, 5.74) is 0.768. The predicted octanol–water partition coefficient (Wildman–Crippen LogP) is 3.44. The van der Waals surface area contributed by atoms with E-state index in [-0.39, 0.29) is 4.83 Å². The zero-order chi connectivity index (χ0) is 10.8. The van der Waals surface area contributed by atoms with Gasteiger partial charge in [0.05, 0.1) is 6.61 Å². The van der Waals surface area contributed by atoms with Crippen molar-refractivity contribution in [2.45, 2.75) is 11.2 Å². The molecule has 2 rings (SSSR count). The van der Waals surface area contributed by atoms with Gasteiger partial charge in [-0.1, -0.05) is 22.0 Å². The fourth-order valence-electron chi connectivity index (χ4n) is 1.74. The van der Waals surface area contributed by atoms with Crippen LogP contribution in [-0.4, -0.2) is 13.2 Å². The van der Waals surface area contributed by atoms with Gasteiger partial charge in [0, 0.05) is 17.4 Å². The van der Waals surface area contributed by atoms with Crippen LogP contribution in [0.15, 0.2) is 18.2 Å². The van der Waals surface area contributed by atoms with Crippen LogP contribution >= 0.6 is 15.9 Å². The summed E-state index contributed by atoms with van der Waals surface area (Å²) in [7, 11) is 0. The molecule has 0 bridgehead atoms. The van der Waals surface area contributed by atoms with E-state index in [2.05, 4.69) is 15.9 Å². The SMILES string of the molecule is Fc1ccc(C(Br)C2CCOC2)cc1F. The first kappa shape index (κ1) is 11.0. The van der Waals surface area contributed by atoms with Crippen molar-refractivity contribution < 1.29 is 13.5 Å². The first-order chi connectivity index (χ1) is 7.18. The van der Waals surface area contributed by atoms with Crippen LogP contribution in [0.5, 0.6) is 0 Å². The van der Waals surface area contributed by atoms with E-state index >= 15 is 0 Å². The minimum absolute atomic E-state index is 0.0371. The van der Waals surface area contributed by atoms with Gasteiger partial charge in [0.25, 0.3) is 0 Å². The molecule has 1 aromatic carbocycles. The largest absolute Gasteiger partial charge is 0.381 e. The maximum absolute atomic E-state index is 13.0. The summed E-state index contributed by atoms with van der Waals surface area (Å²) in [6.07, 6.45) is 0.953. The Morgan fingerprint density at radius 3 is 2.73 bits per heavy atom. The van der Waals surface area contributed by atoms with Crippen LogP contribution in [0.3, 0.4) is 0 Å². The van der Waals surface area contributed by atoms with E-state index in [0.29, 0.717) is 12.5 Å². The van der Waals surface area contributed by atoms with E-state index in [9.17, 15) is 8.78 Å². The molecule has 0 aromatic heterocycles. The van der Waals surface area contributed by atoms with Crippen molar-refractivity contribution >= 4 is 15.9 Å². The van der Waals surface area contributed by atoms with Crippen LogP contribution < -0.4 is 0 Å². The number of hydrogen-bond acceptors (Lipinski definition) is 1. The summed E-state index contributed by atoms with van der Waals surface area (Å²) in [6, 6.07) is 4.01. The standard InChI is InChI=1S/C11H11BrF2O/c12-11(8-3-4-15-6-8)7-1-2-9(13)10(14)5-7/h1-2,5,8,11H,3-4,6H2. The molecule has 1 nitrogen and oxygen atoms in total. The van der Waals surface area contributed by atoms with E-state index in [4.69, 9.17) is 4.74 Å². The zero-order valence-corrected chi connectivity index (χ0v) is 9.64. The first-order valence-electron chi connectivity index (χ1n) is 4.85. The lowest BCUT2D eigenvalue weighted by Crippen LogP contribution is -2.07. The van der Waals surface area contributed by atoms with Gasteiger partial charge in [0.15, 0.2) is 11.6 Å². The summed E-state index contributed by atoms with van der Waals surface area (Å²) in [4.78, 5) is 0.0371. The molecule has 0 aliphatic carbocycles. The van der Waals surface area contributed by atoms with Gasteiger partial charge in [0.2, 0.25) is 0 Å². The van der Waals surface area contributed by atoms with Crippen molar-refractivity contribution in [3.05, 3.63) is 35.4 Å². The summed E-state index contributed by atoms with van der Waals surface area (Å²) >= 11 is 3.50. The second kappa shape index (κ2) is 4.58. The van der Waals surface area contributed by atoms with Crippen LogP contribution in [0.1, 0.15) is 16.8 Å². The summed E-state index contributed by atoms with van der Waals surface area (Å²) < 4.78 is 31.0. The molecular weight excluding hydrogens is 266 g/mol. The predicted molar refractivity (Wildman–Crippen MR) is 57.0 cm³/mol. The number of benzene rings is 1. The maximum Gasteiger partial charge on any atom is 0.159 e. The molecule has 0 radical (unpaired) electrons. The van der Waals surface area contributed by atoms with Gasteiger partial charge in [-0.05, 0) is 24.1 Å². The molecule has 1 aliphatic rings. The molecule has 4 heteroatoms. The highest BCUT2D eigenvalue weighted by atomic mass is 79.9. The van der Waals surface area contributed by atoms with Crippen molar-refractivity contribution in [2.24, 2.45) is 5.92 Å². The molecule has 1 aromatic rings. The minimum Gasteiger partial charge on any atom is -0.381 e. The molecule has 0 N–H and O–H groups in total. The lowest BCUT2D eigenvalue weighted by Gasteiger charge is -2.16. The summed E-state index contributed by atoms with van der Waals surface area (Å²) in [5, 5.41) is 0. The van der Waals surface area contributed by atoms with Crippen LogP contribution in [0.25, 0.3) is 0 Å². The lowest BCUT2D eigenvalue weighted by molar-refractivity contribution is 0.185. The number of rotatable bonds is 2. The third-order valence-corrected chi connectivity index (χ3v) is 3.92. The van der Waals surface area contributed by atoms with Gasteiger partial charge in [-0.2, -0.15) is 0 Å². The molecule has 82 valence electrons. The molecule has 0 amide bonds. The van der Waals surface area contributed by atoms with Crippen LogP contribution in [0, 0.1) is 17.6 Å². The molecule has 2 atom stereocenters. The fraction of sp³-hybridized carbons (Fsp3) is 0.455. The second-order valence-electron chi connectivity index (χ2n) is 3.70. The monoisotopic (exact) mass is 276 g/mol. The van der Waals surface area contributed by atoms with Gasteiger partial charge in [-0.15, -0.1) is 0 Å². The van der Waals surface area contributed by atoms with E-state index in [0.717, 1.165) is 24.7 Å². The molecule has 0 spiro atoms. The fourth-order valence-corrected chi connectivity index (χ4v) is 2.44. The Kier molecular flexibility index (Phi) is 3.36. The van der Waals surface area contributed by atoms with Gasteiger partial charge < -0.3 is 4.74 Å². The molecule has 2 unspecified atom stereocenters. The summed E-state index contributed by atoms with van der Waals surface area (Å²) in [5.74, 6) is -1.26. The Morgan fingerprint density at radius 1 is 1.33 bits per heavy atom. The highest BCUT2D eigenvalue weighted by Gasteiger charge is 2.25. The highest BCUT2D eigenvalue weighted by molar-refractivity contribution is 9.09. The normalized spacial score (nSPS) is 23.0. The molecule has 1 aliphatic heterocycles. The van der Waals surface area contributed by atoms with Crippen molar-refractivity contribution in [3.63, 3.8) is 0 Å². The van der Waals surface area contributed by atoms with Crippen molar-refractivity contribution in [3.8, 4) is 0 Å². The smallest absolute Gasteiger partial charge is 0.159 e. The summed E-state index contributed by atoms with van der Waals surface area (Å²) in [6.45, 7) is 1.42. The Bertz CT molecular complexity index is 350. The van der Waals surface area contributed by atoms with E-state index in [1.54, 1.807) is 6.07 Å². The van der Waals surface area contributed by atoms with Crippen molar-refractivity contribution in [2.75, 3.05) is 13.2 Å². The topological polar surface area (TPSA) is 9.23 Å². The first-order valence-corrected chi connectivity index (χ1v) is 5.77. The maximum atomic E-state index is 13.0. The van der Waals surface area contributed by atoms with Crippen molar-refractivity contribution in [1.29, 1.82) is 0 Å². The Balaban J connectivity index is 2.17. The molecule has 1 saturated heterocycles. The van der Waals surface area contributed by atoms with E-state index < -0.39 is 11.6 Å². The minimum atomic E-state index is -0.805. The molecule has 0 saturated carbocycles. The number of alkyl halides is 1. The lowest BCUT2D eigenvalue weighted by atomic mass is 9.98. The molecule has 1 fully saturated rings. The zero-order valence-electron chi connectivity index (χ0n) is 8.05. The molecule has 15 heavy (non-hydrogen) atoms. The third kappa shape index (κ3) is 2.37. The quantitative estimate of drug-likeness (QED) is 0.752. The average Bonchev–Trinajstić information content (AvgIpc) is 2.74. The number of ether oxygens (including phenoxy) is 1. The Hall–Kier alpha value is -0.480. The molecule has 1 heterocycles. The highest BCUT2D eigenvalue weighted by Crippen LogP contribution is 2.36. The van der Waals surface area contributed by atoms with Gasteiger partial charge in [0.1, 0.15) is 0 Å². The number of hydrogen-bond donors (Lipinski definition) is 0. The van der Waals surface area contributed by atoms with Crippen molar-refractivity contribution in [1.82, 2.24) is 0 Å². The van der Waals surface area contributed by atoms with E-state index in [1.165, 1.54) is 6.07 Å². The van der Waals surface area contributed by atoms with Crippen LogP contribution in [0.4, 0.5) is 8.78 Å². The average molecular weight is 277 g/mol. The molecular formula is C11H11BrF2O. The van der Waals surface area contributed by atoms with Gasteiger partial charge in [-0.25, -0.2) is 8.78 Å². The Morgan fingerprint density at radius 2 is 2.13 bits per heavy atom. The van der Waals surface area contributed by atoms with Gasteiger partial charge in [-0.3, -0.25) is 0 Å². The van der Waals surface area contributed by atoms with E-state index in [1.807, 2.05) is 0 Å². The second-order valence-corrected chi connectivity index (χ2v) is 4.69. The third-order valence-electron chi connectivity index (χ3n) is 2.64. The van der Waals surface area contributed by atoms with Gasteiger partial charge >= 0.3 is 0 Å². The van der Waals surface area contributed by atoms with Crippen LogP contribution in [0.2, 0.25) is 0 Å². The Labute approximate surface area is 95.6 Å².